The van der Waals surface area contributed by atoms with E-state index < -0.39 is 0 Å². The quantitative estimate of drug-likeness (QED) is 0.928. The first-order valence-electron chi connectivity index (χ1n) is 6.54. The van der Waals surface area contributed by atoms with Crippen molar-refractivity contribution in [1.29, 1.82) is 0 Å². The molecule has 2 amide bonds. The van der Waals surface area contributed by atoms with Crippen LogP contribution >= 0.6 is 23.2 Å². The average molecular weight is 315 g/mol. The number of halogens is 2. The van der Waals surface area contributed by atoms with E-state index in [0.29, 0.717) is 35.0 Å². The molecule has 4 nitrogen and oxygen atoms in total. The van der Waals surface area contributed by atoms with Gasteiger partial charge in [0, 0.05) is 35.1 Å². The number of amides is 2. The van der Waals surface area contributed by atoms with Gasteiger partial charge in [0.1, 0.15) is 6.04 Å². The Labute approximate surface area is 128 Å². The molecule has 1 aromatic rings. The lowest BCUT2D eigenvalue weighted by molar-refractivity contribution is -0.135. The fourth-order valence-electron chi connectivity index (χ4n) is 2.40. The first kappa shape index (κ1) is 15.1. The molecule has 20 heavy (non-hydrogen) atoms. The number of likely N-dealkylation sites (tertiary alicyclic amines) is 1. The molecule has 0 aromatic heterocycles. The first-order valence-corrected chi connectivity index (χ1v) is 7.30. The highest BCUT2D eigenvalue weighted by molar-refractivity contribution is 6.36. The van der Waals surface area contributed by atoms with Crippen molar-refractivity contribution in [2.45, 2.75) is 32.4 Å². The third-order valence-electron chi connectivity index (χ3n) is 3.47. The van der Waals surface area contributed by atoms with Crippen LogP contribution in [0.15, 0.2) is 18.2 Å². The third kappa shape index (κ3) is 3.07. The highest BCUT2D eigenvalue weighted by Gasteiger charge is 2.34. The van der Waals surface area contributed by atoms with Crippen molar-refractivity contribution in [1.82, 2.24) is 10.2 Å². The van der Waals surface area contributed by atoms with Crippen LogP contribution in [-0.4, -0.2) is 29.3 Å². The zero-order valence-electron chi connectivity index (χ0n) is 11.2. The average Bonchev–Trinajstić information content (AvgIpc) is 2.79. The molecule has 0 radical (unpaired) electrons. The van der Waals surface area contributed by atoms with E-state index in [1.807, 2.05) is 6.92 Å². The van der Waals surface area contributed by atoms with Crippen molar-refractivity contribution in [3.63, 3.8) is 0 Å². The zero-order chi connectivity index (χ0) is 14.7. The number of carbonyl (C=O) groups is 2. The minimum absolute atomic E-state index is 0.0309. The second kappa shape index (κ2) is 6.46. The Morgan fingerprint density at radius 2 is 2.05 bits per heavy atom. The predicted molar refractivity (Wildman–Crippen MR) is 78.7 cm³/mol. The van der Waals surface area contributed by atoms with Gasteiger partial charge < -0.3 is 10.2 Å². The van der Waals surface area contributed by atoms with Crippen LogP contribution in [-0.2, 0) is 16.1 Å². The van der Waals surface area contributed by atoms with Crippen LogP contribution in [0.25, 0.3) is 0 Å². The van der Waals surface area contributed by atoms with E-state index in [0.717, 1.165) is 0 Å². The molecule has 1 atom stereocenters. The van der Waals surface area contributed by atoms with Crippen LogP contribution < -0.4 is 5.32 Å². The van der Waals surface area contributed by atoms with Crippen LogP contribution in [0.3, 0.4) is 0 Å². The van der Waals surface area contributed by atoms with Crippen LogP contribution in [0.2, 0.25) is 10.0 Å². The van der Waals surface area contributed by atoms with Crippen molar-refractivity contribution in [3.8, 4) is 0 Å². The standard InChI is InChI=1S/C14H16Cl2N2O2/c1-2-18-12(6-7-13(18)19)14(20)17-8-9-10(15)4-3-5-11(9)16/h3-5,12H,2,6-8H2,1H3,(H,17,20). The smallest absolute Gasteiger partial charge is 0.243 e. The highest BCUT2D eigenvalue weighted by Crippen LogP contribution is 2.24. The van der Waals surface area contributed by atoms with E-state index in [2.05, 4.69) is 5.32 Å². The molecule has 1 saturated heterocycles. The molecule has 0 aliphatic carbocycles. The van der Waals surface area contributed by atoms with Gasteiger partial charge in [-0.3, -0.25) is 9.59 Å². The van der Waals surface area contributed by atoms with Gasteiger partial charge >= 0.3 is 0 Å². The highest BCUT2D eigenvalue weighted by atomic mass is 35.5. The SMILES string of the molecule is CCN1C(=O)CCC1C(=O)NCc1c(Cl)cccc1Cl. The Hall–Kier alpha value is -1.26. The largest absolute Gasteiger partial charge is 0.350 e. The van der Waals surface area contributed by atoms with Gasteiger partial charge in [-0.25, -0.2) is 0 Å². The Kier molecular flexibility index (Phi) is 4.89. The molecular formula is C14H16Cl2N2O2. The van der Waals surface area contributed by atoms with Gasteiger partial charge in [0.2, 0.25) is 11.8 Å². The Morgan fingerprint density at radius 3 is 2.65 bits per heavy atom. The number of nitrogens with one attached hydrogen (secondary N) is 1. The lowest BCUT2D eigenvalue weighted by atomic mass is 10.2. The molecule has 1 aliphatic heterocycles. The molecule has 6 heteroatoms. The summed E-state index contributed by atoms with van der Waals surface area (Å²) in [5, 5.41) is 3.85. The van der Waals surface area contributed by atoms with E-state index in [1.165, 1.54) is 0 Å². The number of carbonyl (C=O) groups excluding carboxylic acids is 2. The first-order chi connectivity index (χ1) is 9.54. The lowest BCUT2D eigenvalue weighted by Crippen LogP contribution is -2.44. The molecular weight excluding hydrogens is 299 g/mol. The number of benzene rings is 1. The summed E-state index contributed by atoms with van der Waals surface area (Å²) in [5.74, 6) is -0.128. The molecule has 1 heterocycles. The summed E-state index contributed by atoms with van der Waals surface area (Å²) in [6.07, 6.45) is 0.994. The Bertz CT molecular complexity index is 514. The molecule has 1 fully saturated rings. The molecule has 2 rings (SSSR count). The Balaban J connectivity index is 2.01. The van der Waals surface area contributed by atoms with E-state index in [4.69, 9.17) is 23.2 Å². The molecule has 1 aromatic carbocycles. The molecule has 1 N–H and O–H groups in total. The summed E-state index contributed by atoms with van der Waals surface area (Å²) in [6, 6.07) is 4.83. The summed E-state index contributed by atoms with van der Waals surface area (Å²) in [7, 11) is 0. The van der Waals surface area contributed by atoms with Gasteiger partial charge in [-0.1, -0.05) is 29.3 Å². The molecule has 1 unspecified atom stereocenters. The fourth-order valence-corrected chi connectivity index (χ4v) is 2.93. The van der Waals surface area contributed by atoms with Crippen LogP contribution in [0.4, 0.5) is 0 Å². The normalized spacial score (nSPS) is 18.4. The Morgan fingerprint density at radius 1 is 1.40 bits per heavy atom. The van der Waals surface area contributed by atoms with Gasteiger partial charge in [0.05, 0.1) is 0 Å². The maximum absolute atomic E-state index is 12.2. The number of nitrogens with zero attached hydrogens (tertiary/aromatic N) is 1. The maximum Gasteiger partial charge on any atom is 0.243 e. The molecule has 0 spiro atoms. The summed E-state index contributed by atoms with van der Waals surface area (Å²) in [4.78, 5) is 25.4. The van der Waals surface area contributed by atoms with E-state index in [-0.39, 0.29) is 24.4 Å². The van der Waals surface area contributed by atoms with Gasteiger partial charge in [-0.15, -0.1) is 0 Å². The minimum atomic E-state index is -0.381. The molecule has 0 saturated carbocycles. The second-order valence-electron chi connectivity index (χ2n) is 4.65. The van der Waals surface area contributed by atoms with Crippen molar-refractivity contribution in [3.05, 3.63) is 33.8 Å². The molecule has 108 valence electrons. The monoisotopic (exact) mass is 314 g/mol. The predicted octanol–water partition coefficient (Wildman–Crippen LogP) is 2.62. The van der Waals surface area contributed by atoms with Gasteiger partial charge in [-0.2, -0.15) is 0 Å². The number of hydrogen-bond donors (Lipinski definition) is 1. The fraction of sp³-hybridized carbons (Fsp3) is 0.429. The third-order valence-corrected chi connectivity index (χ3v) is 4.18. The molecule has 1 aliphatic rings. The maximum atomic E-state index is 12.2. The molecule has 0 bridgehead atoms. The van der Waals surface area contributed by atoms with Crippen LogP contribution in [0.5, 0.6) is 0 Å². The van der Waals surface area contributed by atoms with E-state index in [9.17, 15) is 9.59 Å². The van der Waals surface area contributed by atoms with E-state index in [1.54, 1.807) is 23.1 Å². The minimum Gasteiger partial charge on any atom is -0.350 e. The number of likely N-dealkylation sites (N-methyl/N-ethyl adjacent to an activating group) is 1. The van der Waals surface area contributed by atoms with Gasteiger partial charge in [-0.05, 0) is 25.5 Å². The lowest BCUT2D eigenvalue weighted by Gasteiger charge is -2.22. The van der Waals surface area contributed by atoms with E-state index >= 15 is 0 Å². The van der Waals surface area contributed by atoms with Crippen molar-refractivity contribution in [2.75, 3.05) is 6.54 Å². The summed E-state index contributed by atoms with van der Waals surface area (Å²) < 4.78 is 0. The van der Waals surface area contributed by atoms with Crippen molar-refractivity contribution in [2.24, 2.45) is 0 Å². The topological polar surface area (TPSA) is 49.4 Å². The summed E-state index contributed by atoms with van der Waals surface area (Å²) >= 11 is 12.1. The summed E-state index contributed by atoms with van der Waals surface area (Å²) in [5.41, 5.74) is 0.691. The van der Waals surface area contributed by atoms with Crippen LogP contribution in [0, 0.1) is 0 Å². The number of hydrogen-bond acceptors (Lipinski definition) is 2. The zero-order valence-corrected chi connectivity index (χ0v) is 12.7. The second-order valence-corrected chi connectivity index (χ2v) is 5.47. The van der Waals surface area contributed by atoms with Crippen molar-refractivity contribution < 1.29 is 9.59 Å². The van der Waals surface area contributed by atoms with Crippen LogP contribution in [0.1, 0.15) is 25.3 Å². The van der Waals surface area contributed by atoms with Crippen molar-refractivity contribution >= 4 is 35.0 Å². The number of rotatable bonds is 4. The van der Waals surface area contributed by atoms with Gasteiger partial charge in [0.25, 0.3) is 0 Å². The summed E-state index contributed by atoms with van der Waals surface area (Å²) in [6.45, 7) is 2.68. The van der Waals surface area contributed by atoms with Gasteiger partial charge in [0.15, 0.2) is 0 Å².